The molecule has 0 bridgehead atoms. The first-order valence-corrected chi connectivity index (χ1v) is 22.2. The molecule has 10 heteroatoms. The highest BCUT2D eigenvalue weighted by Gasteiger charge is 2.38. The standard InChI is InChI=1S/C26H33NO3Si.C12H21NO3Si.CH4/c1-26(2,3)31(4,5)30-20-23-24(28-18-21-12-8-6-9-13-21)16-27-17-25(23)29-19-22-14-10-7-11-15-22;1-12(2,3)17(4,5)16-8-9-10(14)6-13-7-11(9)15;/h6-17H,18-20H2,1-5H3;6-7,14-15H,8H2,1-5H3;1H4. The third-order valence-corrected chi connectivity index (χ3v) is 18.2. The normalized spacial score (nSPS) is 12.0. The first-order valence-electron chi connectivity index (χ1n) is 16.3. The van der Waals surface area contributed by atoms with Gasteiger partial charge in [0.25, 0.3) is 0 Å². The van der Waals surface area contributed by atoms with Gasteiger partial charge >= 0.3 is 0 Å². The lowest BCUT2D eigenvalue weighted by atomic mass is 10.2. The molecule has 0 spiro atoms. The van der Waals surface area contributed by atoms with Crippen molar-refractivity contribution >= 4 is 16.6 Å². The van der Waals surface area contributed by atoms with Crippen LogP contribution in [0.5, 0.6) is 23.0 Å². The maximum Gasteiger partial charge on any atom is 0.192 e. The van der Waals surface area contributed by atoms with E-state index in [1.165, 1.54) is 12.4 Å². The molecule has 49 heavy (non-hydrogen) atoms. The third-order valence-electron chi connectivity index (χ3n) is 9.23. The molecule has 268 valence electrons. The van der Waals surface area contributed by atoms with Gasteiger partial charge < -0.3 is 28.5 Å². The summed E-state index contributed by atoms with van der Waals surface area (Å²) in [6.07, 6.45) is 6.12. The van der Waals surface area contributed by atoms with Crippen molar-refractivity contribution in [1.82, 2.24) is 9.97 Å². The molecular formula is C39H58N2O6Si2. The molecule has 2 aromatic heterocycles. The van der Waals surface area contributed by atoms with Crippen LogP contribution >= 0.6 is 0 Å². The molecule has 0 aliphatic carbocycles. The molecule has 0 amide bonds. The number of hydrogen-bond donors (Lipinski definition) is 2. The van der Waals surface area contributed by atoms with Crippen molar-refractivity contribution in [2.45, 2.75) is 112 Å². The average molecular weight is 707 g/mol. The largest absolute Gasteiger partial charge is 0.506 e. The summed E-state index contributed by atoms with van der Waals surface area (Å²) in [5, 5.41) is 19.4. The van der Waals surface area contributed by atoms with Crippen LogP contribution in [0.4, 0.5) is 0 Å². The van der Waals surface area contributed by atoms with E-state index in [0.717, 1.165) is 16.7 Å². The average Bonchev–Trinajstić information content (AvgIpc) is 3.02. The summed E-state index contributed by atoms with van der Waals surface area (Å²) in [6.45, 7) is 23.5. The molecular weight excluding hydrogens is 649 g/mol. The number of aromatic nitrogens is 2. The Morgan fingerprint density at radius 1 is 0.531 bits per heavy atom. The summed E-state index contributed by atoms with van der Waals surface area (Å²) in [4.78, 5) is 8.06. The molecule has 8 nitrogen and oxygen atoms in total. The van der Waals surface area contributed by atoms with Gasteiger partial charge in [-0.25, -0.2) is 0 Å². The first kappa shape index (κ1) is 41.5. The number of benzene rings is 2. The highest BCUT2D eigenvalue weighted by molar-refractivity contribution is 6.74. The van der Waals surface area contributed by atoms with E-state index < -0.39 is 16.6 Å². The highest BCUT2D eigenvalue weighted by Crippen LogP contribution is 2.40. The van der Waals surface area contributed by atoms with Crippen molar-refractivity contribution in [2.24, 2.45) is 0 Å². The van der Waals surface area contributed by atoms with Gasteiger partial charge in [0.05, 0.1) is 49.1 Å². The molecule has 0 unspecified atom stereocenters. The molecule has 0 atom stereocenters. The number of aromatic hydroxyl groups is 2. The van der Waals surface area contributed by atoms with Crippen molar-refractivity contribution in [2.75, 3.05) is 0 Å². The topological polar surface area (TPSA) is 103 Å². The zero-order valence-corrected chi connectivity index (χ0v) is 32.3. The fourth-order valence-electron chi connectivity index (χ4n) is 3.86. The summed E-state index contributed by atoms with van der Waals surface area (Å²) in [7, 11) is -3.82. The van der Waals surface area contributed by atoms with Crippen molar-refractivity contribution in [3.05, 3.63) is 108 Å². The second-order valence-corrected chi connectivity index (χ2v) is 24.5. The Labute approximate surface area is 296 Å². The van der Waals surface area contributed by atoms with E-state index in [1.807, 2.05) is 36.4 Å². The molecule has 0 saturated heterocycles. The zero-order valence-electron chi connectivity index (χ0n) is 30.3. The quantitative estimate of drug-likeness (QED) is 0.140. The van der Waals surface area contributed by atoms with E-state index in [4.69, 9.17) is 18.3 Å². The Kier molecular flexibility index (Phi) is 15.1. The summed E-state index contributed by atoms with van der Waals surface area (Å²) in [5.74, 6) is 1.36. The van der Waals surface area contributed by atoms with Crippen molar-refractivity contribution in [3.8, 4) is 23.0 Å². The Balaban J connectivity index is 0.000000394. The maximum absolute atomic E-state index is 9.60. The second kappa shape index (κ2) is 17.8. The molecule has 0 aliphatic rings. The number of rotatable bonds is 12. The van der Waals surface area contributed by atoms with E-state index in [1.54, 1.807) is 12.4 Å². The summed E-state index contributed by atoms with van der Waals surface area (Å²) < 4.78 is 24.8. The van der Waals surface area contributed by atoms with Gasteiger partial charge in [0, 0.05) is 0 Å². The van der Waals surface area contributed by atoms with Crippen LogP contribution in [0.3, 0.4) is 0 Å². The minimum Gasteiger partial charge on any atom is -0.506 e. The van der Waals surface area contributed by atoms with Gasteiger partial charge in [-0.05, 0) is 47.4 Å². The van der Waals surface area contributed by atoms with Gasteiger partial charge in [0.1, 0.15) is 36.2 Å². The van der Waals surface area contributed by atoms with Crippen LogP contribution in [-0.4, -0.2) is 36.8 Å². The molecule has 2 heterocycles. The maximum atomic E-state index is 9.60. The third kappa shape index (κ3) is 12.3. The minimum absolute atomic E-state index is 0. The number of ether oxygens (including phenoxy) is 2. The van der Waals surface area contributed by atoms with Gasteiger partial charge in [-0.2, -0.15) is 0 Å². The smallest absolute Gasteiger partial charge is 0.192 e. The van der Waals surface area contributed by atoms with Gasteiger partial charge in [0.15, 0.2) is 16.6 Å². The van der Waals surface area contributed by atoms with Crippen LogP contribution in [0.25, 0.3) is 0 Å². The van der Waals surface area contributed by atoms with Crippen LogP contribution in [0.15, 0.2) is 85.5 Å². The Morgan fingerprint density at radius 2 is 0.878 bits per heavy atom. The summed E-state index contributed by atoms with van der Waals surface area (Å²) in [6, 6.07) is 20.3. The lowest BCUT2D eigenvalue weighted by Gasteiger charge is -2.36. The molecule has 0 fully saturated rings. The van der Waals surface area contributed by atoms with Crippen molar-refractivity contribution in [1.29, 1.82) is 0 Å². The van der Waals surface area contributed by atoms with Gasteiger partial charge in [0.2, 0.25) is 0 Å². The number of hydrogen-bond acceptors (Lipinski definition) is 8. The minimum atomic E-state index is -1.94. The van der Waals surface area contributed by atoms with E-state index >= 15 is 0 Å². The Morgan fingerprint density at radius 3 is 1.24 bits per heavy atom. The summed E-state index contributed by atoms with van der Waals surface area (Å²) in [5.41, 5.74) is 3.53. The van der Waals surface area contributed by atoms with Crippen molar-refractivity contribution in [3.63, 3.8) is 0 Å². The van der Waals surface area contributed by atoms with Gasteiger partial charge in [-0.1, -0.05) is 110 Å². The molecule has 0 aliphatic heterocycles. The van der Waals surface area contributed by atoms with E-state index in [2.05, 4.69) is 102 Å². The second-order valence-electron chi connectivity index (χ2n) is 14.9. The van der Waals surface area contributed by atoms with Crippen LogP contribution in [0.1, 0.15) is 71.2 Å². The lowest BCUT2D eigenvalue weighted by molar-refractivity contribution is 0.239. The van der Waals surface area contributed by atoms with Crippen LogP contribution < -0.4 is 9.47 Å². The van der Waals surface area contributed by atoms with E-state index in [0.29, 0.717) is 36.9 Å². The van der Waals surface area contributed by atoms with E-state index in [-0.39, 0.29) is 35.6 Å². The fraction of sp³-hybridized carbons (Fsp3) is 0.436. The van der Waals surface area contributed by atoms with Crippen LogP contribution in [0, 0.1) is 0 Å². The first-order chi connectivity index (χ1) is 22.4. The van der Waals surface area contributed by atoms with Gasteiger partial charge in [-0.15, -0.1) is 0 Å². The lowest BCUT2D eigenvalue weighted by Crippen LogP contribution is -2.40. The summed E-state index contributed by atoms with van der Waals surface area (Å²) >= 11 is 0. The Hall–Kier alpha value is -3.71. The van der Waals surface area contributed by atoms with Crippen molar-refractivity contribution < 1.29 is 28.5 Å². The molecule has 0 saturated carbocycles. The SMILES string of the molecule is C.CC(C)(C)[Si](C)(C)OCc1c(O)cncc1O.CC(C)(C)[Si](C)(C)OCc1c(OCc2ccccc2)cncc1OCc1ccccc1. The monoisotopic (exact) mass is 706 g/mol. The van der Waals surface area contributed by atoms with Gasteiger partial charge in [-0.3, -0.25) is 9.97 Å². The molecule has 2 aromatic carbocycles. The van der Waals surface area contributed by atoms with Crippen LogP contribution in [0.2, 0.25) is 36.3 Å². The predicted molar refractivity (Wildman–Crippen MR) is 204 cm³/mol. The molecule has 0 radical (unpaired) electrons. The number of nitrogens with zero attached hydrogens (tertiary/aromatic N) is 2. The zero-order chi connectivity index (χ0) is 35.6. The van der Waals surface area contributed by atoms with Crippen LogP contribution in [-0.2, 0) is 35.3 Å². The number of pyridine rings is 2. The fourth-order valence-corrected chi connectivity index (χ4v) is 5.74. The molecule has 4 aromatic rings. The molecule has 4 rings (SSSR count). The highest BCUT2D eigenvalue weighted by atomic mass is 28.4. The Bertz CT molecular complexity index is 1490. The predicted octanol–water partition coefficient (Wildman–Crippen LogP) is 10.4. The van der Waals surface area contributed by atoms with E-state index in [9.17, 15) is 10.2 Å². The molecule has 2 N–H and O–H groups in total.